The molecule has 33 heavy (non-hydrogen) atoms. The first-order valence-corrected chi connectivity index (χ1v) is 11.7. The molecule has 7 heteroatoms. The summed E-state index contributed by atoms with van der Waals surface area (Å²) in [7, 11) is 0. The van der Waals surface area contributed by atoms with E-state index >= 15 is 0 Å². The molecule has 0 saturated carbocycles. The van der Waals surface area contributed by atoms with Crippen molar-refractivity contribution in [1.82, 2.24) is 9.80 Å². The maximum atomic E-state index is 13.3. The monoisotopic (exact) mass is 456 g/mol. The summed E-state index contributed by atoms with van der Waals surface area (Å²) in [5, 5.41) is 0. The molecule has 3 rings (SSSR count). The summed E-state index contributed by atoms with van der Waals surface area (Å²) in [6.07, 6.45) is 3.05. The van der Waals surface area contributed by atoms with Crippen LogP contribution in [0, 0.1) is 5.92 Å². The lowest BCUT2D eigenvalue weighted by atomic mass is 9.96. The van der Waals surface area contributed by atoms with Gasteiger partial charge in [-0.05, 0) is 71.6 Å². The lowest BCUT2D eigenvalue weighted by Gasteiger charge is -2.37. The van der Waals surface area contributed by atoms with E-state index in [0.29, 0.717) is 25.4 Å². The molecule has 1 unspecified atom stereocenters. The second kappa shape index (κ2) is 10.8. The number of para-hydroxylation sites is 1. The van der Waals surface area contributed by atoms with Crippen LogP contribution in [0.15, 0.2) is 47.1 Å². The van der Waals surface area contributed by atoms with Crippen LogP contribution in [0.25, 0.3) is 0 Å². The third-order valence-corrected chi connectivity index (χ3v) is 5.59. The van der Waals surface area contributed by atoms with Crippen LogP contribution in [0.5, 0.6) is 5.75 Å². The normalized spacial score (nSPS) is 16.5. The molecular formula is C26H36N2O5. The Morgan fingerprint density at radius 2 is 1.91 bits per heavy atom. The average Bonchev–Trinajstić information content (AvgIpc) is 3.23. The highest BCUT2D eigenvalue weighted by atomic mass is 16.6. The standard InChI is InChI=1S/C26H36N2O5/c1-19(2)28(25(30)33-26(3,4)5)17-20-10-9-14-27(16-20)24(29)23-21(13-15-31-23)18-32-22-11-7-6-8-12-22/h6-8,11-13,15,19-20H,9-10,14,16-18H2,1-5H3. The molecule has 7 nitrogen and oxygen atoms in total. The predicted octanol–water partition coefficient (Wildman–Crippen LogP) is 5.36. The van der Waals surface area contributed by atoms with Crippen molar-refractivity contribution in [3.05, 3.63) is 54.0 Å². The fourth-order valence-corrected chi connectivity index (χ4v) is 3.95. The molecule has 2 amide bonds. The van der Waals surface area contributed by atoms with E-state index in [-0.39, 0.29) is 30.6 Å². The quantitative estimate of drug-likeness (QED) is 0.561. The molecule has 2 heterocycles. The van der Waals surface area contributed by atoms with Crippen LogP contribution >= 0.6 is 0 Å². The number of carbonyl (C=O) groups is 2. The number of piperidine rings is 1. The van der Waals surface area contributed by atoms with Gasteiger partial charge in [0, 0.05) is 31.2 Å². The van der Waals surface area contributed by atoms with E-state index in [2.05, 4.69) is 0 Å². The van der Waals surface area contributed by atoms with E-state index in [4.69, 9.17) is 13.9 Å². The van der Waals surface area contributed by atoms with E-state index in [0.717, 1.165) is 24.2 Å². The number of amides is 2. The van der Waals surface area contributed by atoms with Gasteiger partial charge in [0.05, 0.1) is 6.26 Å². The van der Waals surface area contributed by atoms with Gasteiger partial charge in [0.1, 0.15) is 18.0 Å². The Kier molecular flexibility index (Phi) is 8.06. The number of hydrogen-bond acceptors (Lipinski definition) is 5. The number of ether oxygens (including phenoxy) is 2. The van der Waals surface area contributed by atoms with Gasteiger partial charge in [-0.2, -0.15) is 0 Å². The van der Waals surface area contributed by atoms with Crippen LogP contribution in [0.4, 0.5) is 4.79 Å². The average molecular weight is 457 g/mol. The largest absolute Gasteiger partial charge is 0.489 e. The fourth-order valence-electron chi connectivity index (χ4n) is 3.95. The predicted molar refractivity (Wildman–Crippen MR) is 126 cm³/mol. The van der Waals surface area contributed by atoms with Gasteiger partial charge in [-0.15, -0.1) is 0 Å². The number of rotatable bonds is 7. The van der Waals surface area contributed by atoms with Gasteiger partial charge in [-0.25, -0.2) is 4.79 Å². The first-order valence-electron chi connectivity index (χ1n) is 11.7. The zero-order valence-corrected chi connectivity index (χ0v) is 20.4. The SMILES string of the molecule is CC(C)N(CC1CCCN(C(=O)c2occc2COc2ccccc2)C1)C(=O)OC(C)(C)C. The summed E-state index contributed by atoms with van der Waals surface area (Å²) in [6, 6.07) is 11.3. The topological polar surface area (TPSA) is 72.2 Å². The summed E-state index contributed by atoms with van der Waals surface area (Å²) < 4.78 is 17.0. The first kappa shape index (κ1) is 24.7. The van der Waals surface area contributed by atoms with E-state index in [1.807, 2.05) is 69.9 Å². The number of nitrogens with zero attached hydrogens (tertiary/aromatic N) is 2. The molecule has 2 aromatic rings. The number of carbonyl (C=O) groups excluding carboxylic acids is 2. The molecule has 0 spiro atoms. The Morgan fingerprint density at radius 3 is 2.58 bits per heavy atom. The van der Waals surface area contributed by atoms with Crippen LogP contribution in [0.2, 0.25) is 0 Å². The van der Waals surface area contributed by atoms with Gasteiger partial charge in [0.15, 0.2) is 5.76 Å². The molecule has 0 radical (unpaired) electrons. The zero-order valence-electron chi connectivity index (χ0n) is 20.4. The molecule has 1 aromatic heterocycles. The Balaban J connectivity index is 1.62. The maximum Gasteiger partial charge on any atom is 0.410 e. The molecule has 0 bridgehead atoms. The van der Waals surface area contributed by atoms with Crippen molar-refractivity contribution in [3.63, 3.8) is 0 Å². The molecule has 0 N–H and O–H groups in total. The van der Waals surface area contributed by atoms with Gasteiger partial charge in [-0.1, -0.05) is 18.2 Å². The van der Waals surface area contributed by atoms with Gasteiger partial charge in [-0.3, -0.25) is 4.79 Å². The van der Waals surface area contributed by atoms with E-state index in [9.17, 15) is 9.59 Å². The number of likely N-dealkylation sites (tertiary alicyclic amines) is 1. The van der Waals surface area contributed by atoms with Crippen molar-refractivity contribution in [2.75, 3.05) is 19.6 Å². The highest BCUT2D eigenvalue weighted by Crippen LogP contribution is 2.24. The zero-order chi connectivity index (χ0) is 24.0. The molecule has 1 aliphatic rings. The minimum atomic E-state index is -0.545. The molecule has 1 fully saturated rings. The Hall–Kier alpha value is -2.96. The molecule has 1 aromatic carbocycles. The minimum absolute atomic E-state index is 0.0118. The van der Waals surface area contributed by atoms with Crippen molar-refractivity contribution in [3.8, 4) is 5.75 Å². The van der Waals surface area contributed by atoms with E-state index in [1.165, 1.54) is 6.26 Å². The molecule has 1 atom stereocenters. The van der Waals surface area contributed by atoms with Crippen LogP contribution in [-0.4, -0.2) is 53.1 Å². The second-order valence-electron chi connectivity index (χ2n) is 9.86. The van der Waals surface area contributed by atoms with Crippen molar-refractivity contribution >= 4 is 12.0 Å². The molecule has 1 aliphatic heterocycles. The second-order valence-corrected chi connectivity index (χ2v) is 9.86. The van der Waals surface area contributed by atoms with Crippen molar-refractivity contribution in [2.45, 2.75) is 65.7 Å². The van der Waals surface area contributed by atoms with E-state index < -0.39 is 5.60 Å². The number of benzene rings is 1. The minimum Gasteiger partial charge on any atom is -0.489 e. The maximum absolute atomic E-state index is 13.3. The summed E-state index contributed by atoms with van der Waals surface area (Å²) in [6.45, 7) is 11.6. The lowest BCUT2D eigenvalue weighted by molar-refractivity contribution is 0.0122. The third-order valence-electron chi connectivity index (χ3n) is 5.59. The highest BCUT2D eigenvalue weighted by Gasteiger charge is 2.32. The Bertz CT molecular complexity index is 916. The molecule has 0 aliphatic carbocycles. The van der Waals surface area contributed by atoms with Crippen LogP contribution in [0.3, 0.4) is 0 Å². The third kappa shape index (κ3) is 7.01. The molecular weight excluding hydrogens is 420 g/mol. The van der Waals surface area contributed by atoms with Crippen LogP contribution < -0.4 is 4.74 Å². The van der Waals surface area contributed by atoms with Gasteiger partial charge in [0.25, 0.3) is 5.91 Å². The van der Waals surface area contributed by atoms with Crippen molar-refractivity contribution in [1.29, 1.82) is 0 Å². The molecule has 1 saturated heterocycles. The molecule has 180 valence electrons. The van der Waals surface area contributed by atoms with Gasteiger partial charge < -0.3 is 23.7 Å². The first-order chi connectivity index (χ1) is 15.6. The van der Waals surface area contributed by atoms with Gasteiger partial charge in [0.2, 0.25) is 0 Å². The Morgan fingerprint density at radius 1 is 1.18 bits per heavy atom. The number of hydrogen-bond donors (Lipinski definition) is 0. The Labute approximate surface area is 196 Å². The number of furan rings is 1. The summed E-state index contributed by atoms with van der Waals surface area (Å²) >= 11 is 0. The van der Waals surface area contributed by atoms with E-state index in [1.54, 1.807) is 11.0 Å². The summed E-state index contributed by atoms with van der Waals surface area (Å²) in [5.74, 6) is 1.10. The fraction of sp³-hybridized carbons (Fsp3) is 0.538. The van der Waals surface area contributed by atoms with Crippen LogP contribution in [0.1, 0.15) is 63.6 Å². The smallest absolute Gasteiger partial charge is 0.410 e. The van der Waals surface area contributed by atoms with Crippen LogP contribution in [-0.2, 0) is 11.3 Å². The van der Waals surface area contributed by atoms with Crippen molar-refractivity contribution < 1.29 is 23.5 Å². The highest BCUT2D eigenvalue weighted by molar-refractivity contribution is 5.93. The lowest BCUT2D eigenvalue weighted by Crippen LogP contribution is -2.48. The van der Waals surface area contributed by atoms with Crippen molar-refractivity contribution in [2.24, 2.45) is 5.92 Å². The summed E-state index contributed by atoms with van der Waals surface area (Å²) in [5.41, 5.74) is 0.180. The summed E-state index contributed by atoms with van der Waals surface area (Å²) in [4.78, 5) is 29.5. The van der Waals surface area contributed by atoms with Gasteiger partial charge >= 0.3 is 6.09 Å².